The highest BCUT2D eigenvalue weighted by Gasteiger charge is 2.38. The molecule has 1 saturated carbocycles. The van der Waals surface area contributed by atoms with E-state index in [9.17, 15) is 9.59 Å². The number of carbonyl (C=O) groups is 2. The standard InChI is InChI=1S/C24H35Cl2NO2S/c1-16(2)10-13-24(11-8-6-7-9-12-24)21(28)27-19-14-17(25)18(26)15-20(19)30-22(29)23(3,4)5/h14-16H,6-13H2,1-5H3,(H,27,28). The molecular weight excluding hydrogens is 437 g/mol. The van der Waals surface area contributed by atoms with Gasteiger partial charge in [-0.15, -0.1) is 0 Å². The maximum atomic E-state index is 13.6. The molecule has 0 atom stereocenters. The van der Waals surface area contributed by atoms with Gasteiger partial charge < -0.3 is 5.32 Å². The predicted octanol–water partition coefficient (Wildman–Crippen LogP) is 8.37. The van der Waals surface area contributed by atoms with Gasteiger partial charge in [-0.3, -0.25) is 9.59 Å². The van der Waals surface area contributed by atoms with Gasteiger partial charge in [0.15, 0.2) is 5.12 Å². The highest BCUT2D eigenvalue weighted by molar-refractivity contribution is 8.13. The summed E-state index contributed by atoms with van der Waals surface area (Å²) < 4.78 is 0. The second kappa shape index (κ2) is 10.7. The number of hydrogen-bond acceptors (Lipinski definition) is 3. The van der Waals surface area contributed by atoms with Crippen LogP contribution in [0.2, 0.25) is 10.0 Å². The average Bonchev–Trinajstić information content (AvgIpc) is 2.90. The lowest BCUT2D eigenvalue weighted by atomic mass is 9.74. The summed E-state index contributed by atoms with van der Waals surface area (Å²) in [4.78, 5) is 26.9. The first-order chi connectivity index (χ1) is 13.9. The molecule has 0 spiro atoms. The SMILES string of the molecule is CC(C)CCC1(C(=O)Nc2cc(Cl)c(Cl)cc2SC(=O)C(C)(C)C)CCCCCC1. The summed E-state index contributed by atoms with van der Waals surface area (Å²) in [5.74, 6) is 0.604. The zero-order valence-corrected chi connectivity index (χ0v) is 21.2. The minimum Gasteiger partial charge on any atom is -0.325 e. The zero-order chi connectivity index (χ0) is 22.5. The first kappa shape index (κ1) is 25.5. The fourth-order valence-electron chi connectivity index (χ4n) is 3.78. The van der Waals surface area contributed by atoms with Crippen LogP contribution in [0.4, 0.5) is 5.69 Å². The van der Waals surface area contributed by atoms with Crippen LogP contribution in [0.5, 0.6) is 0 Å². The lowest BCUT2D eigenvalue weighted by molar-refractivity contribution is -0.127. The van der Waals surface area contributed by atoms with Crippen LogP contribution in [0.1, 0.15) is 86.0 Å². The molecule has 1 aromatic rings. The van der Waals surface area contributed by atoms with Crippen LogP contribution >= 0.6 is 35.0 Å². The number of hydrogen-bond donors (Lipinski definition) is 1. The quantitative estimate of drug-likeness (QED) is 0.334. The minimum absolute atomic E-state index is 0.0142. The molecule has 30 heavy (non-hydrogen) atoms. The van der Waals surface area contributed by atoms with Crippen molar-refractivity contribution in [2.45, 2.75) is 90.9 Å². The Hall–Kier alpha value is -0.710. The fourth-order valence-corrected chi connectivity index (χ4v) is 5.07. The highest BCUT2D eigenvalue weighted by atomic mass is 35.5. The van der Waals surface area contributed by atoms with Crippen molar-refractivity contribution >= 4 is 51.7 Å². The van der Waals surface area contributed by atoms with Crippen LogP contribution in [0.25, 0.3) is 0 Å². The van der Waals surface area contributed by atoms with E-state index in [1.807, 2.05) is 20.8 Å². The summed E-state index contributed by atoms with van der Waals surface area (Å²) in [6.07, 6.45) is 8.27. The third-order valence-corrected chi connectivity index (χ3v) is 7.91. The van der Waals surface area contributed by atoms with Crippen LogP contribution in [0.3, 0.4) is 0 Å². The van der Waals surface area contributed by atoms with Gasteiger partial charge in [-0.1, -0.05) is 83.5 Å². The van der Waals surface area contributed by atoms with E-state index in [0.717, 1.165) is 50.3 Å². The Morgan fingerprint density at radius 2 is 1.63 bits per heavy atom. The van der Waals surface area contributed by atoms with Crippen molar-refractivity contribution in [2.24, 2.45) is 16.7 Å². The molecule has 0 unspecified atom stereocenters. The molecule has 1 aromatic carbocycles. The van der Waals surface area contributed by atoms with E-state index < -0.39 is 5.41 Å². The number of anilines is 1. The number of thioether (sulfide) groups is 1. The van der Waals surface area contributed by atoms with Crippen molar-refractivity contribution < 1.29 is 9.59 Å². The molecule has 3 nitrogen and oxygen atoms in total. The molecule has 168 valence electrons. The van der Waals surface area contributed by atoms with Crippen LogP contribution in [0.15, 0.2) is 17.0 Å². The number of halogens is 2. The van der Waals surface area contributed by atoms with Crippen molar-refractivity contribution in [1.82, 2.24) is 0 Å². The van der Waals surface area contributed by atoms with Crippen molar-refractivity contribution in [3.63, 3.8) is 0 Å². The number of amides is 1. The van der Waals surface area contributed by atoms with E-state index in [4.69, 9.17) is 23.2 Å². The summed E-state index contributed by atoms with van der Waals surface area (Å²) in [6.45, 7) is 10.0. The Kier molecular flexibility index (Phi) is 9.15. The van der Waals surface area contributed by atoms with E-state index in [0.29, 0.717) is 26.5 Å². The fraction of sp³-hybridized carbons (Fsp3) is 0.667. The topological polar surface area (TPSA) is 46.2 Å². The molecule has 0 radical (unpaired) electrons. The Labute approximate surface area is 196 Å². The molecule has 1 fully saturated rings. The van der Waals surface area contributed by atoms with E-state index >= 15 is 0 Å². The average molecular weight is 473 g/mol. The summed E-state index contributed by atoms with van der Waals surface area (Å²) in [5.41, 5.74) is -0.286. The van der Waals surface area contributed by atoms with Gasteiger partial charge in [-0.2, -0.15) is 0 Å². The number of rotatable bonds is 6. The maximum Gasteiger partial charge on any atom is 0.230 e. The Balaban J connectivity index is 2.34. The Morgan fingerprint density at radius 3 is 2.17 bits per heavy atom. The molecule has 0 aliphatic heterocycles. The van der Waals surface area contributed by atoms with Gasteiger partial charge in [0.2, 0.25) is 5.91 Å². The third kappa shape index (κ3) is 6.90. The molecule has 0 bridgehead atoms. The van der Waals surface area contributed by atoms with Gasteiger partial charge in [0.25, 0.3) is 0 Å². The normalized spacial score (nSPS) is 16.9. The molecular formula is C24H35Cl2NO2S. The summed E-state index contributed by atoms with van der Waals surface area (Å²) in [7, 11) is 0. The van der Waals surface area contributed by atoms with Gasteiger partial charge in [-0.25, -0.2) is 0 Å². The van der Waals surface area contributed by atoms with Crippen LogP contribution in [-0.4, -0.2) is 11.0 Å². The smallest absolute Gasteiger partial charge is 0.230 e. The molecule has 2 rings (SSSR count). The first-order valence-electron chi connectivity index (χ1n) is 11.0. The van der Waals surface area contributed by atoms with Gasteiger partial charge in [0.1, 0.15) is 0 Å². The summed E-state index contributed by atoms with van der Waals surface area (Å²) in [6, 6.07) is 3.36. The van der Waals surface area contributed by atoms with Crippen LogP contribution in [0, 0.1) is 16.7 Å². The number of carbonyl (C=O) groups excluding carboxylic acids is 2. The van der Waals surface area contributed by atoms with E-state index in [1.54, 1.807) is 12.1 Å². The second-order valence-electron chi connectivity index (χ2n) is 9.98. The Morgan fingerprint density at radius 1 is 1.07 bits per heavy atom. The summed E-state index contributed by atoms with van der Waals surface area (Å²) >= 11 is 13.6. The molecule has 1 aliphatic rings. The molecule has 0 aromatic heterocycles. The molecule has 1 amide bonds. The van der Waals surface area contributed by atoms with Crippen molar-refractivity contribution in [1.29, 1.82) is 0 Å². The number of benzene rings is 1. The zero-order valence-electron chi connectivity index (χ0n) is 18.9. The van der Waals surface area contributed by atoms with Gasteiger partial charge >= 0.3 is 0 Å². The van der Waals surface area contributed by atoms with E-state index in [1.165, 1.54) is 12.8 Å². The molecule has 1 N–H and O–H groups in total. The van der Waals surface area contributed by atoms with E-state index in [2.05, 4.69) is 19.2 Å². The predicted molar refractivity (Wildman–Crippen MR) is 130 cm³/mol. The van der Waals surface area contributed by atoms with Gasteiger partial charge in [0, 0.05) is 15.7 Å². The third-order valence-electron chi connectivity index (χ3n) is 5.83. The van der Waals surface area contributed by atoms with Crippen LogP contribution < -0.4 is 5.32 Å². The van der Waals surface area contributed by atoms with Crippen molar-refractivity contribution in [2.75, 3.05) is 5.32 Å². The monoisotopic (exact) mass is 471 g/mol. The number of nitrogens with one attached hydrogen (secondary N) is 1. The van der Waals surface area contributed by atoms with Gasteiger partial charge in [-0.05, 0) is 55.5 Å². The minimum atomic E-state index is -0.502. The summed E-state index contributed by atoms with van der Waals surface area (Å²) in [5, 5.41) is 3.91. The maximum absolute atomic E-state index is 13.6. The largest absolute Gasteiger partial charge is 0.325 e. The van der Waals surface area contributed by atoms with E-state index in [-0.39, 0.29) is 16.4 Å². The van der Waals surface area contributed by atoms with Gasteiger partial charge in [0.05, 0.1) is 15.7 Å². The first-order valence-corrected chi connectivity index (χ1v) is 12.5. The lowest BCUT2D eigenvalue weighted by Crippen LogP contribution is -2.36. The Bertz CT molecular complexity index is 763. The second-order valence-corrected chi connectivity index (χ2v) is 11.8. The van der Waals surface area contributed by atoms with Crippen molar-refractivity contribution in [3.05, 3.63) is 22.2 Å². The molecule has 0 heterocycles. The highest BCUT2D eigenvalue weighted by Crippen LogP contribution is 2.43. The van der Waals surface area contributed by atoms with Crippen LogP contribution in [-0.2, 0) is 9.59 Å². The molecule has 6 heteroatoms. The molecule has 0 saturated heterocycles. The lowest BCUT2D eigenvalue weighted by Gasteiger charge is -2.32. The molecule has 1 aliphatic carbocycles. The van der Waals surface area contributed by atoms with Crippen molar-refractivity contribution in [3.8, 4) is 0 Å².